The molecule has 0 aliphatic rings. The van der Waals surface area contributed by atoms with Crippen molar-refractivity contribution >= 4 is 51.4 Å². The summed E-state index contributed by atoms with van der Waals surface area (Å²) in [5.74, 6) is 0.524. The predicted octanol–water partition coefficient (Wildman–Crippen LogP) is 3.04. The summed E-state index contributed by atoms with van der Waals surface area (Å²) in [6.07, 6.45) is 1.64. The fourth-order valence-electron chi connectivity index (χ4n) is 1.29. The molecule has 0 heterocycles. The number of phenols is 1. The molecular formula is C12H15I2NO2. The van der Waals surface area contributed by atoms with Gasteiger partial charge in [0.25, 0.3) is 0 Å². The molecule has 17 heavy (non-hydrogen) atoms. The summed E-state index contributed by atoms with van der Waals surface area (Å²) in [5.41, 5.74) is 0.695. The number of nitrogens with zero attached hydrogens (tertiary/aromatic N) is 1. The zero-order valence-corrected chi connectivity index (χ0v) is 14.0. The van der Waals surface area contributed by atoms with Gasteiger partial charge < -0.3 is 10.2 Å². The Labute approximate surface area is 129 Å². The Morgan fingerprint density at radius 3 is 2.53 bits per heavy atom. The average molecular weight is 459 g/mol. The number of hydrogen-bond donors (Lipinski definition) is 2. The molecule has 1 atom stereocenters. The molecular weight excluding hydrogens is 444 g/mol. The Kier molecular flexibility index (Phi) is 6.14. The standard InChI is InChI=1S/C12H15I2NO2/c1-7(2)11(6-16)15-5-8-3-9(13)4-10(14)12(8)17/h3-5,7,11,16-17H,6H2,1-2H3/t11-/m1/s1. The highest BCUT2D eigenvalue weighted by Crippen LogP contribution is 2.25. The van der Waals surface area contributed by atoms with E-state index in [4.69, 9.17) is 0 Å². The Hall–Kier alpha value is 0.110. The zero-order valence-electron chi connectivity index (χ0n) is 9.69. The van der Waals surface area contributed by atoms with Crippen molar-refractivity contribution in [1.82, 2.24) is 0 Å². The number of aromatic hydroxyl groups is 1. The largest absolute Gasteiger partial charge is 0.506 e. The molecule has 0 saturated heterocycles. The molecule has 0 bridgehead atoms. The molecule has 3 nitrogen and oxygen atoms in total. The van der Waals surface area contributed by atoms with E-state index < -0.39 is 0 Å². The molecule has 0 spiro atoms. The molecule has 0 saturated carbocycles. The first-order valence-corrected chi connectivity index (χ1v) is 7.43. The minimum absolute atomic E-state index is 0.0238. The van der Waals surface area contributed by atoms with Crippen LogP contribution in [0.15, 0.2) is 17.1 Å². The number of aliphatic hydroxyl groups excluding tert-OH is 1. The molecule has 0 aromatic heterocycles. The first-order valence-electron chi connectivity index (χ1n) is 5.27. The van der Waals surface area contributed by atoms with Crippen LogP contribution in [0.2, 0.25) is 0 Å². The Bertz CT molecular complexity index is 419. The predicted molar refractivity (Wildman–Crippen MR) is 86.8 cm³/mol. The van der Waals surface area contributed by atoms with Crippen molar-refractivity contribution in [2.75, 3.05) is 6.61 Å². The second kappa shape index (κ2) is 6.89. The van der Waals surface area contributed by atoms with Crippen LogP contribution in [0.1, 0.15) is 19.4 Å². The van der Waals surface area contributed by atoms with Gasteiger partial charge in [-0.25, -0.2) is 0 Å². The third-order valence-corrected chi connectivity index (χ3v) is 3.86. The summed E-state index contributed by atoms with van der Waals surface area (Å²) >= 11 is 4.29. The number of hydrogen-bond acceptors (Lipinski definition) is 3. The lowest BCUT2D eigenvalue weighted by Gasteiger charge is -2.12. The number of benzene rings is 1. The fourth-order valence-corrected chi connectivity index (χ4v) is 3.18. The van der Waals surface area contributed by atoms with Gasteiger partial charge in [-0.3, -0.25) is 4.99 Å². The molecule has 1 rings (SSSR count). The first kappa shape index (κ1) is 15.2. The maximum Gasteiger partial charge on any atom is 0.137 e. The van der Waals surface area contributed by atoms with E-state index >= 15 is 0 Å². The minimum atomic E-state index is -0.120. The zero-order chi connectivity index (χ0) is 13.0. The molecule has 5 heteroatoms. The highest BCUT2D eigenvalue weighted by Gasteiger charge is 2.10. The fraction of sp³-hybridized carbons (Fsp3) is 0.417. The topological polar surface area (TPSA) is 52.8 Å². The van der Waals surface area contributed by atoms with E-state index in [0.29, 0.717) is 5.56 Å². The molecule has 0 unspecified atom stereocenters. The van der Waals surface area contributed by atoms with Gasteiger partial charge in [0.2, 0.25) is 0 Å². The van der Waals surface area contributed by atoms with Gasteiger partial charge in [-0.15, -0.1) is 0 Å². The van der Waals surface area contributed by atoms with Gasteiger partial charge in [0, 0.05) is 15.3 Å². The Balaban J connectivity index is 2.98. The van der Waals surface area contributed by atoms with Crippen LogP contribution in [0, 0.1) is 13.1 Å². The van der Waals surface area contributed by atoms with Gasteiger partial charge in [0.05, 0.1) is 16.2 Å². The van der Waals surface area contributed by atoms with Gasteiger partial charge >= 0.3 is 0 Å². The minimum Gasteiger partial charge on any atom is -0.506 e. The number of halogens is 2. The van der Waals surface area contributed by atoms with Crippen molar-refractivity contribution in [2.45, 2.75) is 19.9 Å². The van der Waals surface area contributed by atoms with Crippen molar-refractivity contribution in [2.24, 2.45) is 10.9 Å². The van der Waals surface area contributed by atoms with Crippen LogP contribution in [-0.2, 0) is 0 Å². The van der Waals surface area contributed by atoms with Crippen molar-refractivity contribution in [3.05, 3.63) is 24.8 Å². The second-order valence-corrected chi connectivity index (χ2v) is 6.51. The molecule has 0 aliphatic heterocycles. The summed E-state index contributed by atoms with van der Waals surface area (Å²) in [6.45, 7) is 4.04. The van der Waals surface area contributed by atoms with Crippen LogP contribution >= 0.6 is 45.2 Å². The lowest BCUT2D eigenvalue weighted by molar-refractivity contribution is 0.240. The average Bonchev–Trinajstić information content (AvgIpc) is 2.25. The highest BCUT2D eigenvalue weighted by molar-refractivity contribution is 14.1. The third kappa shape index (κ3) is 4.36. The lowest BCUT2D eigenvalue weighted by atomic mass is 10.1. The smallest absolute Gasteiger partial charge is 0.137 e. The Morgan fingerprint density at radius 1 is 1.35 bits per heavy atom. The monoisotopic (exact) mass is 459 g/mol. The summed E-state index contributed by atoms with van der Waals surface area (Å²) in [4.78, 5) is 4.31. The van der Waals surface area contributed by atoms with E-state index in [0.717, 1.165) is 7.14 Å². The molecule has 94 valence electrons. The highest BCUT2D eigenvalue weighted by atomic mass is 127. The maximum atomic E-state index is 9.88. The number of aliphatic hydroxyl groups is 1. The maximum absolute atomic E-state index is 9.88. The first-order chi connectivity index (χ1) is 7.95. The number of phenolic OH excluding ortho intramolecular Hbond substituents is 1. The van der Waals surface area contributed by atoms with Crippen LogP contribution in [0.25, 0.3) is 0 Å². The summed E-state index contributed by atoms with van der Waals surface area (Å²) < 4.78 is 1.86. The van der Waals surface area contributed by atoms with E-state index in [1.54, 1.807) is 6.21 Å². The van der Waals surface area contributed by atoms with Crippen LogP contribution in [0.5, 0.6) is 5.75 Å². The lowest BCUT2D eigenvalue weighted by Crippen LogP contribution is -2.17. The molecule has 1 aromatic rings. The van der Waals surface area contributed by atoms with Gasteiger partial charge in [-0.2, -0.15) is 0 Å². The second-order valence-electron chi connectivity index (χ2n) is 4.10. The van der Waals surface area contributed by atoms with E-state index in [9.17, 15) is 10.2 Å². The van der Waals surface area contributed by atoms with E-state index in [-0.39, 0.29) is 24.3 Å². The van der Waals surface area contributed by atoms with Crippen LogP contribution in [0.3, 0.4) is 0 Å². The molecule has 2 N–H and O–H groups in total. The SMILES string of the molecule is CC(C)[C@@H](CO)N=Cc1cc(I)cc(I)c1O. The van der Waals surface area contributed by atoms with E-state index in [2.05, 4.69) is 50.2 Å². The van der Waals surface area contributed by atoms with Crippen LogP contribution in [0.4, 0.5) is 0 Å². The molecule has 1 aromatic carbocycles. The quantitative estimate of drug-likeness (QED) is 0.538. The van der Waals surface area contributed by atoms with Crippen molar-refractivity contribution in [3.8, 4) is 5.75 Å². The van der Waals surface area contributed by atoms with Crippen molar-refractivity contribution in [3.63, 3.8) is 0 Å². The van der Waals surface area contributed by atoms with Gasteiger partial charge in [-0.1, -0.05) is 13.8 Å². The third-order valence-electron chi connectivity index (χ3n) is 2.42. The molecule has 0 aliphatic carbocycles. The summed E-state index contributed by atoms with van der Waals surface area (Å²) in [7, 11) is 0. The molecule has 0 radical (unpaired) electrons. The Morgan fingerprint density at radius 2 is 2.00 bits per heavy atom. The van der Waals surface area contributed by atoms with Crippen molar-refractivity contribution in [1.29, 1.82) is 0 Å². The van der Waals surface area contributed by atoms with Gasteiger partial charge in [-0.05, 0) is 63.2 Å². The van der Waals surface area contributed by atoms with E-state index in [1.807, 2.05) is 26.0 Å². The van der Waals surface area contributed by atoms with Crippen LogP contribution in [-0.4, -0.2) is 29.1 Å². The number of aliphatic imine (C=N–C) groups is 1. The molecule has 0 amide bonds. The van der Waals surface area contributed by atoms with Gasteiger partial charge in [0.15, 0.2) is 0 Å². The van der Waals surface area contributed by atoms with Crippen molar-refractivity contribution < 1.29 is 10.2 Å². The normalized spacial score (nSPS) is 13.5. The van der Waals surface area contributed by atoms with E-state index in [1.165, 1.54) is 0 Å². The molecule has 0 fully saturated rings. The number of rotatable bonds is 4. The summed E-state index contributed by atoms with van der Waals surface area (Å²) in [5, 5.41) is 19.1. The van der Waals surface area contributed by atoms with Gasteiger partial charge in [0.1, 0.15) is 5.75 Å². The van der Waals surface area contributed by atoms with Crippen LogP contribution < -0.4 is 0 Å². The summed E-state index contributed by atoms with van der Waals surface area (Å²) in [6, 6.07) is 3.65.